The molecule has 1 aromatic heterocycles. The number of hydrogen-bond acceptors (Lipinski definition) is 4. The van der Waals surface area contributed by atoms with Crippen LogP contribution in [-0.2, 0) is 0 Å². The van der Waals surface area contributed by atoms with Gasteiger partial charge >= 0.3 is 0 Å². The van der Waals surface area contributed by atoms with Gasteiger partial charge in [-0.15, -0.1) is 0 Å². The third-order valence-electron chi connectivity index (χ3n) is 2.99. The molecule has 20 heavy (non-hydrogen) atoms. The van der Waals surface area contributed by atoms with Crippen LogP contribution in [0.5, 0.6) is 0 Å². The van der Waals surface area contributed by atoms with Gasteiger partial charge in [0, 0.05) is 16.6 Å². The maximum atomic E-state index is 9.25. The summed E-state index contributed by atoms with van der Waals surface area (Å²) in [5.74, 6) is 0.450. The Kier molecular flexibility index (Phi) is 3.47. The van der Waals surface area contributed by atoms with E-state index in [2.05, 4.69) is 21.4 Å². The normalized spacial score (nSPS) is 13.8. The minimum Gasteiger partial charge on any atom is -0.351 e. The number of nitriles is 1. The van der Waals surface area contributed by atoms with E-state index in [1.54, 1.807) is 12.1 Å². The largest absolute Gasteiger partial charge is 0.351 e. The van der Waals surface area contributed by atoms with Crippen LogP contribution in [-0.4, -0.2) is 16.0 Å². The fourth-order valence-corrected chi connectivity index (χ4v) is 2.25. The molecule has 1 aliphatic carbocycles. The van der Waals surface area contributed by atoms with E-state index in [0.29, 0.717) is 22.7 Å². The number of rotatable bonds is 3. The van der Waals surface area contributed by atoms with Crippen molar-refractivity contribution in [3.05, 3.63) is 40.0 Å². The summed E-state index contributed by atoms with van der Waals surface area (Å²) in [4.78, 5) is 8.53. The molecular formula is C14H10Cl2N4. The number of nitrogens with zero attached hydrogens (tertiary/aromatic N) is 3. The molecule has 1 aliphatic rings. The number of hydrogen-bond donors (Lipinski definition) is 1. The van der Waals surface area contributed by atoms with Gasteiger partial charge < -0.3 is 5.32 Å². The zero-order chi connectivity index (χ0) is 14.1. The van der Waals surface area contributed by atoms with Crippen LogP contribution in [0.25, 0.3) is 11.3 Å². The Morgan fingerprint density at radius 1 is 1.25 bits per heavy atom. The SMILES string of the molecule is N#Cc1c(Cl)nc(NC2CC2)nc1-c1cccc(Cl)c1. The van der Waals surface area contributed by atoms with Crippen molar-refractivity contribution in [3.8, 4) is 17.3 Å². The molecule has 0 atom stereocenters. The Balaban J connectivity index is 2.11. The second-order valence-corrected chi connectivity index (χ2v) is 5.40. The van der Waals surface area contributed by atoms with E-state index in [4.69, 9.17) is 23.2 Å². The second-order valence-electron chi connectivity index (χ2n) is 4.60. The van der Waals surface area contributed by atoms with Gasteiger partial charge in [0.1, 0.15) is 11.6 Å². The molecule has 6 heteroatoms. The van der Waals surface area contributed by atoms with Gasteiger partial charge in [-0.1, -0.05) is 35.3 Å². The Morgan fingerprint density at radius 3 is 2.70 bits per heavy atom. The van der Waals surface area contributed by atoms with Gasteiger partial charge in [-0.2, -0.15) is 10.2 Å². The third-order valence-corrected chi connectivity index (χ3v) is 3.49. The first-order valence-electron chi connectivity index (χ1n) is 6.17. The van der Waals surface area contributed by atoms with Crippen molar-refractivity contribution < 1.29 is 0 Å². The van der Waals surface area contributed by atoms with Crippen molar-refractivity contribution in [1.82, 2.24) is 9.97 Å². The summed E-state index contributed by atoms with van der Waals surface area (Å²) in [5.41, 5.74) is 1.51. The van der Waals surface area contributed by atoms with Crippen molar-refractivity contribution in [1.29, 1.82) is 5.26 Å². The topological polar surface area (TPSA) is 61.6 Å². The first kappa shape index (κ1) is 13.2. The van der Waals surface area contributed by atoms with Gasteiger partial charge in [0.05, 0.1) is 5.69 Å². The van der Waals surface area contributed by atoms with Crippen LogP contribution < -0.4 is 5.32 Å². The molecule has 1 N–H and O–H groups in total. The highest BCUT2D eigenvalue weighted by Gasteiger charge is 2.23. The summed E-state index contributed by atoms with van der Waals surface area (Å²) < 4.78 is 0. The number of anilines is 1. The molecule has 0 unspecified atom stereocenters. The molecule has 1 saturated carbocycles. The first-order valence-corrected chi connectivity index (χ1v) is 6.93. The zero-order valence-electron chi connectivity index (χ0n) is 10.4. The maximum absolute atomic E-state index is 9.25. The van der Waals surface area contributed by atoms with Crippen LogP contribution in [0.4, 0.5) is 5.95 Å². The van der Waals surface area contributed by atoms with Crippen LogP contribution in [0.3, 0.4) is 0 Å². The van der Waals surface area contributed by atoms with E-state index >= 15 is 0 Å². The Labute approximate surface area is 126 Å². The van der Waals surface area contributed by atoms with Gasteiger partial charge in [-0.25, -0.2) is 4.98 Å². The van der Waals surface area contributed by atoms with Crippen molar-refractivity contribution in [2.75, 3.05) is 5.32 Å². The van der Waals surface area contributed by atoms with Gasteiger partial charge in [0.2, 0.25) is 5.95 Å². The number of halogens is 2. The van der Waals surface area contributed by atoms with Crippen LogP contribution in [0, 0.1) is 11.3 Å². The molecule has 1 fully saturated rings. The summed E-state index contributed by atoms with van der Waals surface area (Å²) in [5, 5.41) is 13.2. The molecule has 0 spiro atoms. The van der Waals surface area contributed by atoms with E-state index in [9.17, 15) is 5.26 Å². The standard InChI is InChI=1S/C14H10Cl2N4/c15-9-3-1-2-8(6-9)12-11(7-17)13(16)20-14(19-12)18-10-4-5-10/h1-3,6,10H,4-5H2,(H,18,19,20). The predicted molar refractivity (Wildman–Crippen MR) is 78.8 cm³/mol. The number of aromatic nitrogens is 2. The molecule has 3 rings (SSSR count). The van der Waals surface area contributed by atoms with Crippen LogP contribution >= 0.6 is 23.2 Å². The monoisotopic (exact) mass is 304 g/mol. The van der Waals surface area contributed by atoms with E-state index in [-0.39, 0.29) is 10.7 Å². The number of benzene rings is 1. The van der Waals surface area contributed by atoms with E-state index in [1.165, 1.54) is 0 Å². The van der Waals surface area contributed by atoms with E-state index < -0.39 is 0 Å². The van der Waals surface area contributed by atoms with Gasteiger partial charge in [-0.3, -0.25) is 0 Å². The quantitative estimate of drug-likeness (QED) is 0.874. The van der Waals surface area contributed by atoms with Gasteiger partial charge in [0.15, 0.2) is 5.15 Å². The van der Waals surface area contributed by atoms with Gasteiger partial charge in [-0.05, 0) is 25.0 Å². The molecule has 1 aromatic carbocycles. The Hall–Kier alpha value is -1.83. The molecular weight excluding hydrogens is 295 g/mol. The maximum Gasteiger partial charge on any atom is 0.224 e. The lowest BCUT2D eigenvalue weighted by atomic mass is 10.1. The lowest BCUT2D eigenvalue weighted by Crippen LogP contribution is -2.07. The third kappa shape index (κ3) is 2.69. The highest BCUT2D eigenvalue weighted by atomic mass is 35.5. The highest BCUT2D eigenvalue weighted by molar-refractivity contribution is 6.31. The average Bonchev–Trinajstić information content (AvgIpc) is 3.22. The smallest absolute Gasteiger partial charge is 0.224 e. The minimum absolute atomic E-state index is 0.153. The second kappa shape index (κ2) is 5.28. The lowest BCUT2D eigenvalue weighted by Gasteiger charge is -2.09. The van der Waals surface area contributed by atoms with Crippen LogP contribution in [0.15, 0.2) is 24.3 Å². The van der Waals surface area contributed by atoms with Gasteiger partial charge in [0.25, 0.3) is 0 Å². The summed E-state index contributed by atoms with van der Waals surface area (Å²) in [6, 6.07) is 9.63. The van der Waals surface area contributed by atoms with Crippen molar-refractivity contribution in [2.24, 2.45) is 0 Å². The zero-order valence-corrected chi connectivity index (χ0v) is 11.9. The summed E-state index contributed by atoms with van der Waals surface area (Å²) in [6.45, 7) is 0. The highest BCUT2D eigenvalue weighted by Crippen LogP contribution is 2.30. The summed E-state index contributed by atoms with van der Waals surface area (Å²) in [7, 11) is 0. The van der Waals surface area contributed by atoms with E-state index in [0.717, 1.165) is 18.4 Å². The van der Waals surface area contributed by atoms with Crippen LogP contribution in [0.2, 0.25) is 10.2 Å². The fourth-order valence-electron chi connectivity index (χ4n) is 1.85. The summed E-state index contributed by atoms with van der Waals surface area (Å²) >= 11 is 12.1. The first-order chi connectivity index (χ1) is 9.67. The molecule has 0 bridgehead atoms. The van der Waals surface area contributed by atoms with E-state index in [1.807, 2.05) is 12.1 Å². The average molecular weight is 305 g/mol. The predicted octanol–water partition coefficient (Wildman–Crippen LogP) is 3.90. The fraction of sp³-hybridized carbons (Fsp3) is 0.214. The molecule has 2 aromatic rings. The molecule has 0 radical (unpaired) electrons. The number of nitrogens with one attached hydrogen (secondary N) is 1. The lowest BCUT2D eigenvalue weighted by molar-refractivity contribution is 1.05. The molecule has 0 saturated heterocycles. The van der Waals surface area contributed by atoms with Crippen molar-refractivity contribution in [2.45, 2.75) is 18.9 Å². The van der Waals surface area contributed by atoms with Crippen LogP contribution in [0.1, 0.15) is 18.4 Å². The summed E-state index contributed by atoms with van der Waals surface area (Å²) in [6.07, 6.45) is 2.21. The van der Waals surface area contributed by atoms with Crippen molar-refractivity contribution in [3.63, 3.8) is 0 Å². The molecule has 4 nitrogen and oxygen atoms in total. The Morgan fingerprint density at radius 2 is 2.05 bits per heavy atom. The minimum atomic E-state index is 0.153. The molecule has 0 aliphatic heterocycles. The van der Waals surface area contributed by atoms with Crippen molar-refractivity contribution >= 4 is 29.2 Å². The molecule has 1 heterocycles. The molecule has 0 amide bonds. The molecule has 100 valence electrons. The Bertz CT molecular complexity index is 705.